The number of ether oxygens (including phenoxy) is 1. The number of amides is 1. The summed E-state index contributed by atoms with van der Waals surface area (Å²) in [5.41, 5.74) is 1.96. The summed E-state index contributed by atoms with van der Waals surface area (Å²) < 4.78 is 7.16. The van der Waals surface area contributed by atoms with Gasteiger partial charge in [0.1, 0.15) is 18.0 Å². The Kier molecular flexibility index (Phi) is 6.70. The quantitative estimate of drug-likeness (QED) is 0.540. The average Bonchev–Trinajstić information content (AvgIpc) is 3.18. The number of nitrogens with zero attached hydrogens (tertiary/aromatic N) is 4. The second-order valence-corrected chi connectivity index (χ2v) is 9.62. The zero-order chi connectivity index (χ0) is 24.5. The number of methoxy groups -OCH3 is 1. The molecule has 0 atom stereocenters. The number of benzene rings is 1. The van der Waals surface area contributed by atoms with Gasteiger partial charge < -0.3 is 14.7 Å². The van der Waals surface area contributed by atoms with Crippen LogP contribution in [0, 0.1) is 12.8 Å². The number of hydrogen-bond acceptors (Lipinski definition) is 6. The van der Waals surface area contributed by atoms with Gasteiger partial charge >= 0.3 is 0 Å². The van der Waals surface area contributed by atoms with Crippen LogP contribution in [0.1, 0.15) is 48.4 Å². The number of rotatable bonds is 7. The molecule has 3 heterocycles. The van der Waals surface area contributed by atoms with E-state index in [1.54, 1.807) is 23.9 Å². The topological polar surface area (TPSA) is 97.5 Å². The number of pyridine rings is 1. The predicted molar refractivity (Wildman–Crippen MR) is 129 cm³/mol. The molecule has 1 aliphatic heterocycles. The van der Waals surface area contributed by atoms with Gasteiger partial charge in [-0.15, -0.1) is 0 Å². The van der Waals surface area contributed by atoms with Crippen LogP contribution in [-0.2, 0) is 17.8 Å². The standard InChI is InChI=1S/C26H32N4O4/c1-17-6-5-7-21(27-17)23(31)13-18-12-19-15-30(28-22(19)14-24(18)34-4)16-25(32)29-10-8-20(9-11-29)26(2,3)33/h5-7,12,14-15,20,33H,8-11,13,16H2,1-4H3. The number of aromatic nitrogens is 3. The third kappa shape index (κ3) is 5.28. The van der Waals surface area contributed by atoms with E-state index >= 15 is 0 Å². The van der Waals surface area contributed by atoms with Crippen LogP contribution >= 0.6 is 0 Å². The van der Waals surface area contributed by atoms with Crippen LogP contribution in [-0.4, -0.2) is 62.3 Å². The molecule has 0 saturated carbocycles. The van der Waals surface area contributed by atoms with Crippen LogP contribution in [0.3, 0.4) is 0 Å². The number of fused-ring (bicyclic) bond motifs is 1. The van der Waals surface area contributed by atoms with Gasteiger partial charge in [0.2, 0.25) is 5.91 Å². The Balaban J connectivity index is 1.47. The number of likely N-dealkylation sites (tertiary alicyclic amines) is 1. The molecular weight excluding hydrogens is 432 g/mol. The Hall–Kier alpha value is -3.26. The van der Waals surface area contributed by atoms with Gasteiger partial charge in [-0.05, 0) is 57.7 Å². The summed E-state index contributed by atoms with van der Waals surface area (Å²) in [6.07, 6.45) is 3.58. The van der Waals surface area contributed by atoms with Crippen molar-refractivity contribution in [3.63, 3.8) is 0 Å². The first-order valence-corrected chi connectivity index (χ1v) is 11.6. The molecule has 1 aliphatic rings. The number of aryl methyl sites for hydroxylation is 1. The van der Waals surface area contributed by atoms with Gasteiger partial charge in [-0.25, -0.2) is 0 Å². The van der Waals surface area contributed by atoms with Crippen molar-refractivity contribution in [2.45, 2.75) is 52.2 Å². The minimum absolute atomic E-state index is 0.00916. The zero-order valence-electron chi connectivity index (χ0n) is 20.2. The maximum absolute atomic E-state index is 12.8. The first-order chi connectivity index (χ1) is 16.1. The fourth-order valence-corrected chi connectivity index (χ4v) is 4.60. The van der Waals surface area contributed by atoms with E-state index in [9.17, 15) is 14.7 Å². The van der Waals surface area contributed by atoms with Gasteiger partial charge in [-0.3, -0.25) is 19.3 Å². The Morgan fingerprint density at radius 3 is 2.59 bits per heavy atom. The Labute approximate surface area is 199 Å². The number of carbonyl (C=O) groups is 2. The maximum Gasteiger partial charge on any atom is 0.244 e. The maximum atomic E-state index is 12.8. The number of carbonyl (C=O) groups excluding carboxylic acids is 2. The molecule has 1 amide bonds. The molecular formula is C26H32N4O4. The highest BCUT2D eigenvalue weighted by molar-refractivity contribution is 5.97. The minimum Gasteiger partial charge on any atom is -0.496 e. The van der Waals surface area contributed by atoms with E-state index in [1.165, 1.54) is 0 Å². The zero-order valence-corrected chi connectivity index (χ0v) is 20.2. The second kappa shape index (κ2) is 9.54. The van der Waals surface area contributed by atoms with Crippen molar-refractivity contribution in [1.29, 1.82) is 0 Å². The molecule has 180 valence electrons. The number of ketones is 1. The molecule has 8 nitrogen and oxygen atoms in total. The number of piperidine rings is 1. The monoisotopic (exact) mass is 464 g/mol. The molecule has 0 bridgehead atoms. The van der Waals surface area contributed by atoms with E-state index in [1.807, 2.05) is 50.1 Å². The minimum atomic E-state index is -0.720. The van der Waals surface area contributed by atoms with Crippen LogP contribution in [0.2, 0.25) is 0 Å². The Bertz CT molecular complexity index is 1200. The lowest BCUT2D eigenvalue weighted by molar-refractivity contribution is -0.134. The van der Waals surface area contributed by atoms with Crippen molar-refractivity contribution in [3.8, 4) is 5.75 Å². The van der Waals surface area contributed by atoms with Crippen molar-refractivity contribution >= 4 is 22.6 Å². The fourth-order valence-electron chi connectivity index (χ4n) is 4.60. The van der Waals surface area contributed by atoms with Crippen molar-refractivity contribution < 1.29 is 19.4 Å². The summed E-state index contributed by atoms with van der Waals surface area (Å²) in [6.45, 7) is 6.94. The van der Waals surface area contributed by atoms with Crippen LogP contribution in [0.5, 0.6) is 5.75 Å². The molecule has 1 aromatic carbocycles. The summed E-state index contributed by atoms with van der Waals surface area (Å²) in [5.74, 6) is 0.708. The summed E-state index contributed by atoms with van der Waals surface area (Å²) >= 11 is 0. The van der Waals surface area contributed by atoms with Crippen LogP contribution in [0.25, 0.3) is 10.9 Å². The Morgan fingerprint density at radius 2 is 1.94 bits per heavy atom. The molecule has 0 unspecified atom stereocenters. The average molecular weight is 465 g/mol. The smallest absolute Gasteiger partial charge is 0.244 e. The van der Waals surface area contributed by atoms with E-state index in [0.717, 1.165) is 29.5 Å². The van der Waals surface area contributed by atoms with E-state index in [4.69, 9.17) is 4.74 Å². The van der Waals surface area contributed by atoms with Crippen LogP contribution < -0.4 is 4.74 Å². The lowest BCUT2D eigenvalue weighted by Gasteiger charge is -2.37. The molecule has 3 aromatic rings. The lowest BCUT2D eigenvalue weighted by Crippen LogP contribution is -2.45. The van der Waals surface area contributed by atoms with Crippen molar-refractivity contribution in [1.82, 2.24) is 19.7 Å². The molecule has 2 aromatic heterocycles. The predicted octanol–water partition coefficient (Wildman–Crippen LogP) is 3.18. The van der Waals surface area contributed by atoms with Gasteiger partial charge in [0.05, 0.1) is 18.2 Å². The highest BCUT2D eigenvalue weighted by Crippen LogP contribution is 2.29. The van der Waals surface area contributed by atoms with Crippen molar-refractivity contribution in [3.05, 3.63) is 53.5 Å². The molecule has 4 rings (SSSR count). The number of aliphatic hydroxyl groups is 1. The molecule has 0 aliphatic carbocycles. The number of hydrogen-bond donors (Lipinski definition) is 1. The highest BCUT2D eigenvalue weighted by Gasteiger charge is 2.32. The normalized spacial score (nSPS) is 15.0. The van der Waals surface area contributed by atoms with E-state index in [0.29, 0.717) is 30.0 Å². The molecule has 0 radical (unpaired) electrons. The van der Waals surface area contributed by atoms with Crippen LogP contribution in [0.15, 0.2) is 36.5 Å². The Morgan fingerprint density at radius 1 is 1.21 bits per heavy atom. The SMILES string of the molecule is COc1cc2nn(CC(=O)N3CCC(C(C)(C)O)CC3)cc2cc1CC(=O)c1cccc(C)n1. The molecule has 1 fully saturated rings. The van der Waals surface area contributed by atoms with Gasteiger partial charge in [0.15, 0.2) is 5.78 Å². The van der Waals surface area contributed by atoms with Gasteiger partial charge in [-0.2, -0.15) is 5.10 Å². The van der Waals surface area contributed by atoms with E-state index in [-0.39, 0.29) is 30.6 Å². The highest BCUT2D eigenvalue weighted by atomic mass is 16.5. The van der Waals surface area contributed by atoms with E-state index < -0.39 is 5.60 Å². The van der Waals surface area contributed by atoms with Crippen LogP contribution in [0.4, 0.5) is 0 Å². The molecule has 0 spiro atoms. The largest absolute Gasteiger partial charge is 0.496 e. The summed E-state index contributed by atoms with van der Waals surface area (Å²) in [5, 5.41) is 15.6. The fraction of sp³-hybridized carbons (Fsp3) is 0.462. The second-order valence-electron chi connectivity index (χ2n) is 9.62. The third-order valence-electron chi connectivity index (χ3n) is 6.62. The first-order valence-electron chi connectivity index (χ1n) is 11.6. The van der Waals surface area contributed by atoms with Crippen molar-refractivity contribution in [2.24, 2.45) is 5.92 Å². The van der Waals surface area contributed by atoms with E-state index in [2.05, 4.69) is 10.1 Å². The first kappa shape index (κ1) is 23.9. The third-order valence-corrected chi connectivity index (χ3v) is 6.62. The summed E-state index contributed by atoms with van der Waals surface area (Å²) in [6, 6.07) is 9.09. The molecule has 1 N–H and O–H groups in total. The lowest BCUT2D eigenvalue weighted by atomic mass is 9.83. The van der Waals surface area contributed by atoms with Gasteiger partial charge in [0, 0.05) is 48.4 Å². The van der Waals surface area contributed by atoms with Crippen molar-refractivity contribution in [2.75, 3.05) is 20.2 Å². The number of Topliss-reactive ketones (excluding diaryl/α,β-unsaturated/α-hetero) is 1. The van der Waals surface area contributed by atoms with Gasteiger partial charge in [-0.1, -0.05) is 6.07 Å². The van der Waals surface area contributed by atoms with Gasteiger partial charge in [0.25, 0.3) is 0 Å². The molecule has 34 heavy (non-hydrogen) atoms. The molecule has 8 heteroatoms. The summed E-state index contributed by atoms with van der Waals surface area (Å²) in [4.78, 5) is 31.8. The summed E-state index contributed by atoms with van der Waals surface area (Å²) in [7, 11) is 1.57. The molecule has 1 saturated heterocycles.